The van der Waals surface area contributed by atoms with Crippen LogP contribution in [0, 0.1) is 5.41 Å². The van der Waals surface area contributed by atoms with E-state index >= 15 is 0 Å². The second-order valence-electron chi connectivity index (χ2n) is 7.31. The Kier molecular flexibility index (Phi) is 5.59. The Labute approximate surface area is 144 Å². The number of nitrogens with two attached hydrogens (primary N) is 1. The molecule has 6 heteroatoms. The molecule has 0 aliphatic heterocycles. The third-order valence-corrected chi connectivity index (χ3v) is 4.52. The van der Waals surface area contributed by atoms with Crippen molar-refractivity contribution in [1.29, 1.82) is 0 Å². The van der Waals surface area contributed by atoms with Gasteiger partial charge < -0.3 is 25.6 Å². The standard InChI is InChI=1S/C18H29N3O3/c1-17(2)8-5-9-18(22,11-17)12-20-16(19)21-14-10-13(23-3)6-7-15(14)24-4/h6-7,10,22H,5,8-9,11-12H2,1-4H3,(H3,19,20,21). The molecule has 24 heavy (non-hydrogen) atoms. The van der Waals surface area contributed by atoms with E-state index in [4.69, 9.17) is 15.2 Å². The summed E-state index contributed by atoms with van der Waals surface area (Å²) in [7, 11) is 3.19. The Morgan fingerprint density at radius 3 is 2.67 bits per heavy atom. The van der Waals surface area contributed by atoms with Crippen LogP contribution in [0.3, 0.4) is 0 Å². The molecular formula is C18H29N3O3. The highest BCUT2D eigenvalue weighted by molar-refractivity contribution is 5.94. The summed E-state index contributed by atoms with van der Waals surface area (Å²) in [5.74, 6) is 1.59. The van der Waals surface area contributed by atoms with Gasteiger partial charge in [-0.2, -0.15) is 0 Å². The molecule has 1 aliphatic rings. The van der Waals surface area contributed by atoms with E-state index < -0.39 is 5.60 Å². The third kappa shape index (κ3) is 4.77. The van der Waals surface area contributed by atoms with Crippen LogP contribution in [0.1, 0.15) is 39.5 Å². The van der Waals surface area contributed by atoms with Gasteiger partial charge in [0.05, 0.1) is 32.1 Å². The van der Waals surface area contributed by atoms with Gasteiger partial charge in [0.25, 0.3) is 0 Å². The van der Waals surface area contributed by atoms with Crippen LogP contribution < -0.4 is 20.5 Å². The Balaban J connectivity index is 2.06. The maximum atomic E-state index is 10.8. The molecule has 0 radical (unpaired) electrons. The Morgan fingerprint density at radius 1 is 1.29 bits per heavy atom. The normalized spacial score (nSPS) is 23.6. The molecule has 0 saturated heterocycles. The van der Waals surface area contributed by atoms with E-state index in [0.717, 1.165) is 25.7 Å². The zero-order valence-electron chi connectivity index (χ0n) is 15.1. The molecule has 1 fully saturated rings. The molecule has 1 aliphatic carbocycles. The van der Waals surface area contributed by atoms with Gasteiger partial charge in [-0.15, -0.1) is 0 Å². The monoisotopic (exact) mass is 335 g/mol. The van der Waals surface area contributed by atoms with E-state index in [1.807, 2.05) is 6.07 Å². The number of rotatable bonds is 5. The molecule has 0 bridgehead atoms. The van der Waals surface area contributed by atoms with Crippen molar-refractivity contribution in [2.75, 3.05) is 26.1 Å². The number of anilines is 1. The zero-order chi connectivity index (χ0) is 17.8. The van der Waals surface area contributed by atoms with E-state index in [-0.39, 0.29) is 11.4 Å². The fraction of sp³-hybridized carbons (Fsp3) is 0.611. The lowest BCUT2D eigenvalue weighted by Gasteiger charge is -2.40. The highest BCUT2D eigenvalue weighted by atomic mass is 16.5. The van der Waals surface area contributed by atoms with E-state index in [1.54, 1.807) is 26.4 Å². The summed E-state index contributed by atoms with van der Waals surface area (Å²) in [5.41, 5.74) is 6.03. The van der Waals surface area contributed by atoms with Crippen molar-refractivity contribution in [3.63, 3.8) is 0 Å². The van der Waals surface area contributed by atoms with Crippen molar-refractivity contribution in [1.82, 2.24) is 0 Å². The number of nitrogens with zero attached hydrogens (tertiary/aromatic N) is 1. The Morgan fingerprint density at radius 2 is 2.04 bits per heavy atom. The van der Waals surface area contributed by atoms with Crippen LogP contribution in [0.25, 0.3) is 0 Å². The minimum absolute atomic E-state index is 0.140. The molecule has 0 amide bonds. The van der Waals surface area contributed by atoms with Crippen LogP contribution in [0.15, 0.2) is 23.2 Å². The lowest BCUT2D eigenvalue weighted by Crippen LogP contribution is -2.42. The lowest BCUT2D eigenvalue weighted by atomic mass is 9.70. The molecule has 2 rings (SSSR count). The summed E-state index contributed by atoms with van der Waals surface area (Å²) in [6.45, 7) is 4.66. The summed E-state index contributed by atoms with van der Waals surface area (Å²) >= 11 is 0. The van der Waals surface area contributed by atoms with Gasteiger partial charge in [-0.25, -0.2) is 0 Å². The van der Waals surface area contributed by atoms with Crippen LogP contribution in [0.5, 0.6) is 11.5 Å². The smallest absolute Gasteiger partial charge is 0.193 e. The number of benzene rings is 1. The lowest BCUT2D eigenvalue weighted by molar-refractivity contribution is -0.0306. The first kappa shape index (κ1) is 18.4. The number of guanidine groups is 1. The largest absolute Gasteiger partial charge is 0.497 e. The average Bonchev–Trinajstić information content (AvgIpc) is 2.52. The summed E-state index contributed by atoms with van der Waals surface area (Å²) in [6, 6.07) is 5.40. The van der Waals surface area contributed by atoms with Crippen molar-refractivity contribution in [2.45, 2.75) is 45.1 Å². The van der Waals surface area contributed by atoms with Crippen molar-refractivity contribution < 1.29 is 14.6 Å². The van der Waals surface area contributed by atoms with Gasteiger partial charge in [-0.1, -0.05) is 13.8 Å². The van der Waals surface area contributed by atoms with Gasteiger partial charge in [0.15, 0.2) is 5.96 Å². The molecule has 1 saturated carbocycles. The number of methoxy groups -OCH3 is 2. The summed E-state index contributed by atoms with van der Waals surface area (Å²) < 4.78 is 10.5. The predicted molar refractivity (Wildman–Crippen MR) is 96.9 cm³/mol. The number of hydrogen-bond acceptors (Lipinski definition) is 4. The molecule has 1 unspecified atom stereocenters. The van der Waals surface area contributed by atoms with Crippen molar-refractivity contribution >= 4 is 11.6 Å². The summed E-state index contributed by atoms with van der Waals surface area (Å²) in [5, 5.41) is 13.8. The van der Waals surface area contributed by atoms with Gasteiger partial charge in [0, 0.05) is 6.07 Å². The van der Waals surface area contributed by atoms with E-state index in [0.29, 0.717) is 23.7 Å². The third-order valence-electron chi connectivity index (χ3n) is 4.52. The number of aliphatic imine (C=N–C) groups is 1. The topological polar surface area (TPSA) is 89.1 Å². The molecule has 6 nitrogen and oxygen atoms in total. The first-order valence-electron chi connectivity index (χ1n) is 8.28. The van der Waals surface area contributed by atoms with Crippen LogP contribution in [-0.2, 0) is 0 Å². The molecule has 134 valence electrons. The van der Waals surface area contributed by atoms with E-state index in [1.165, 1.54) is 0 Å². The van der Waals surface area contributed by atoms with Crippen molar-refractivity contribution in [3.8, 4) is 11.5 Å². The molecule has 1 atom stereocenters. The second-order valence-corrected chi connectivity index (χ2v) is 7.31. The molecule has 1 aromatic rings. The maximum absolute atomic E-state index is 10.8. The maximum Gasteiger partial charge on any atom is 0.193 e. The molecule has 0 heterocycles. The van der Waals surface area contributed by atoms with E-state index in [9.17, 15) is 5.11 Å². The van der Waals surface area contributed by atoms with Gasteiger partial charge in [0.2, 0.25) is 0 Å². The molecular weight excluding hydrogens is 306 g/mol. The van der Waals surface area contributed by atoms with Crippen LogP contribution in [0.2, 0.25) is 0 Å². The SMILES string of the molecule is COc1ccc(OC)c(NC(N)=NCC2(O)CCCC(C)(C)C2)c1. The summed E-state index contributed by atoms with van der Waals surface area (Å²) in [4.78, 5) is 4.35. The van der Waals surface area contributed by atoms with Gasteiger partial charge in [0.1, 0.15) is 11.5 Å². The fourth-order valence-corrected chi connectivity index (χ4v) is 3.42. The number of ether oxygens (including phenoxy) is 2. The highest BCUT2D eigenvalue weighted by Gasteiger charge is 2.38. The first-order valence-corrected chi connectivity index (χ1v) is 8.28. The highest BCUT2D eigenvalue weighted by Crippen LogP contribution is 2.41. The molecule has 4 N–H and O–H groups in total. The number of nitrogens with one attached hydrogen (secondary N) is 1. The Bertz CT molecular complexity index is 601. The zero-order valence-corrected chi connectivity index (χ0v) is 15.1. The van der Waals surface area contributed by atoms with Crippen LogP contribution in [0.4, 0.5) is 5.69 Å². The van der Waals surface area contributed by atoms with Crippen molar-refractivity contribution in [2.24, 2.45) is 16.1 Å². The average molecular weight is 335 g/mol. The minimum atomic E-state index is -0.785. The summed E-state index contributed by atoms with van der Waals surface area (Å²) in [6.07, 6.45) is 3.64. The molecule has 1 aromatic carbocycles. The van der Waals surface area contributed by atoms with E-state index in [2.05, 4.69) is 24.2 Å². The first-order chi connectivity index (χ1) is 11.3. The van der Waals surface area contributed by atoms with Gasteiger partial charge >= 0.3 is 0 Å². The molecule has 0 spiro atoms. The van der Waals surface area contributed by atoms with Crippen LogP contribution >= 0.6 is 0 Å². The predicted octanol–water partition coefficient (Wildman–Crippen LogP) is 2.76. The quantitative estimate of drug-likeness (QED) is 0.569. The second kappa shape index (κ2) is 7.30. The minimum Gasteiger partial charge on any atom is -0.497 e. The number of hydrogen-bond donors (Lipinski definition) is 3. The van der Waals surface area contributed by atoms with Gasteiger partial charge in [-0.3, -0.25) is 4.99 Å². The van der Waals surface area contributed by atoms with Crippen LogP contribution in [-0.4, -0.2) is 37.4 Å². The fourth-order valence-electron chi connectivity index (χ4n) is 3.42. The number of aliphatic hydroxyl groups is 1. The van der Waals surface area contributed by atoms with Gasteiger partial charge in [-0.05, 0) is 43.2 Å². The molecule has 0 aromatic heterocycles. The Hall–Kier alpha value is -1.95. The van der Waals surface area contributed by atoms with Crippen molar-refractivity contribution in [3.05, 3.63) is 18.2 Å².